The van der Waals surface area contributed by atoms with Gasteiger partial charge in [-0.2, -0.15) is 0 Å². The molecule has 0 radical (unpaired) electrons. The molecule has 0 aliphatic carbocycles. The number of aliphatic imine (C=N–C) groups is 1. The van der Waals surface area contributed by atoms with E-state index in [4.69, 9.17) is 9.47 Å². The summed E-state index contributed by atoms with van der Waals surface area (Å²) in [4.78, 5) is 7.02. The first kappa shape index (κ1) is 22.6. The summed E-state index contributed by atoms with van der Waals surface area (Å²) < 4.78 is 10.4. The van der Waals surface area contributed by atoms with Gasteiger partial charge in [-0.15, -0.1) is 35.3 Å². The second-order valence-corrected chi connectivity index (χ2v) is 6.59. The van der Waals surface area contributed by atoms with Gasteiger partial charge in [-0.25, -0.2) is 0 Å². The van der Waals surface area contributed by atoms with Gasteiger partial charge in [0.1, 0.15) is 0 Å². The Bertz CT molecular complexity index is 441. The van der Waals surface area contributed by atoms with Crippen LogP contribution in [0.5, 0.6) is 0 Å². The van der Waals surface area contributed by atoms with Crippen LogP contribution in [0.1, 0.15) is 23.1 Å². The largest absolute Gasteiger partial charge is 0.382 e. The van der Waals surface area contributed by atoms with Crippen LogP contribution in [-0.4, -0.2) is 52.5 Å². The first-order chi connectivity index (χ1) is 10.7. The average Bonchev–Trinajstić information content (AvgIpc) is 2.90. The van der Waals surface area contributed by atoms with Crippen LogP contribution in [0.15, 0.2) is 17.1 Å². The Morgan fingerprint density at radius 3 is 2.70 bits per heavy atom. The Labute approximate surface area is 161 Å². The number of halogens is 1. The highest BCUT2D eigenvalue weighted by molar-refractivity contribution is 14.0. The van der Waals surface area contributed by atoms with Gasteiger partial charge in [0.25, 0.3) is 0 Å². The summed E-state index contributed by atoms with van der Waals surface area (Å²) in [6.45, 7) is 7.20. The van der Waals surface area contributed by atoms with Crippen molar-refractivity contribution in [2.24, 2.45) is 4.99 Å². The summed E-state index contributed by atoms with van der Waals surface area (Å²) in [5.41, 5.74) is 0. The van der Waals surface area contributed by atoms with Gasteiger partial charge in [-0.1, -0.05) is 0 Å². The fraction of sp³-hybridized carbons (Fsp3) is 0.688. The third-order valence-corrected chi connectivity index (χ3v) is 4.12. The maximum Gasteiger partial charge on any atom is 0.191 e. The molecular weight excluding hydrogens is 425 g/mol. The van der Waals surface area contributed by atoms with Crippen molar-refractivity contribution in [1.82, 2.24) is 10.6 Å². The molecule has 0 spiro atoms. The van der Waals surface area contributed by atoms with Crippen molar-refractivity contribution in [2.45, 2.75) is 32.7 Å². The van der Waals surface area contributed by atoms with Crippen LogP contribution in [0.3, 0.4) is 0 Å². The molecule has 2 N–H and O–H groups in total. The summed E-state index contributed by atoms with van der Waals surface area (Å²) in [7, 11) is 3.48. The summed E-state index contributed by atoms with van der Waals surface area (Å²) in [6, 6.07) is 4.72. The minimum Gasteiger partial charge on any atom is -0.382 e. The molecule has 0 saturated carbocycles. The highest BCUT2D eigenvalue weighted by atomic mass is 127. The van der Waals surface area contributed by atoms with Gasteiger partial charge >= 0.3 is 0 Å². The van der Waals surface area contributed by atoms with E-state index in [1.54, 1.807) is 14.2 Å². The quantitative estimate of drug-likeness (QED) is 0.247. The molecule has 7 heteroatoms. The predicted octanol–water partition coefficient (Wildman–Crippen LogP) is 2.82. The number of hydrogen-bond donors (Lipinski definition) is 2. The van der Waals surface area contributed by atoms with E-state index in [-0.39, 0.29) is 24.0 Å². The number of aryl methyl sites for hydroxylation is 1. The molecule has 1 atom stereocenters. The van der Waals surface area contributed by atoms with Crippen molar-refractivity contribution in [3.8, 4) is 0 Å². The maximum atomic E-state index is 5.43. The second kappa shape index (κ2) is 14.0. The fourth-order valence-corrected chi connectivity index (χ4v) is 3.02. The number of rotatable bonds is 10. The zero-order valence-corrected chi connectivity index (χ0v) is 17.7. The van der Waals surface area contributed by atoms with Crippen molar-refractivity contribution < 1.29 is 9.47 Å². The zero-order valence-electron chi connectivity index (χ0n) is 14.6. The van der Waals surface area contributed by atoms with Crippen LogP contribution in [0.4, 0.5) is 0 Å². The molecule has 0 fully saturated rings. The summed E-state index contributed by atoms with van der Waals surface area (Å²) in [6.07, 6.45) is 1.96. The van der Waals surface area contributed by atoms with E-state index in [0.29, 0.717) is 19.3 Å². The van der Waals surface area contributed by atoms with E-state index in [2.05, 4.69) is 41.6 Å². The number of thiophene rings is 1. The Balaban J connectivity index is 0.00000484. The minimum atomic E-state index is 0. The van der Waals surface area contributed by atoms with E-state index < -0.39 is 0 Å². The fourth-order valence-electron chi connectivity index (χ4n) is 2.00. The lowest BCUT2D eigenvalue weighted by atomic mass is 10.2. The average molecular weight is 455 g/mol. The Hall–Kier alpha value is -0.380. The monoisotopic (exact) mass is 455 g/mol. The standard InChI is InChI=1S/C16H29N3O2S.HI/c1-13(12-15-7-6-14(2)22-15)19-16(17-3)18-8-5-9-21-11-10-20-4;/h6-7,13H,5,8-12H2,1-4H3,(H2,17,18,19);1H. The topological polar surface area (TPSA) is 54.9 Å². The molecule has 0 amide bonds. The number of nitrogens with one attached hydrogen (secondary N) is 2. The molecule has 1 aromatic rings. The Morgan fingerprint density at radius 2 is 2.09 bits per heavy atom. The van der Waals surface area contributed by atoms with Crippen LogP contribution < -0.4 is 10.6 Å². The molecule has 0 bridgehead atoms. The lowest BCUT2D eigenvalue weighted by molar-refractivity contribution is 0.0698. The van der Waals surface area contributed by atoms with Crippen LogP contribution in [-0.2, 0) is 15.9 Å². The first-order valence-electron chi connectivity index (χ1n) is 7.75. The van der Waals surface area contributed by atoms with Crippen molar-refractivity contribution in [3.05, 3.63) is 21.9 Å². The predicted molar refractivity (Wildman–Crippen MR) is 109 cm³/mol. The normalized spacial score (nSPS) is 12.6. The third-order valence-electron chi connectivity index (χ3n) is 3.10. The van der Waals surface area contributed by atoms with E-state index in [1.165, 1.54) is 9.75 Å². The lowest BCUT2D eigenvalue weighted by Gasteiger charge is -2.17. The summed E-state index contributed by atoms with van der Waals surface area (Å²) >= 11 is 1.85. The molecule has 0 aromatic carbocycles. The smallest absolute Gasteiger partial charge is 0.191 e. The molecule has 1 rings (SSSR count). The molecule has 5 nitrogen and oxygen atoms in total. The van der Waals surface area contributed by atoms with Crippen LogP contribution in [0.25, 0.3) is 0 Å². The van der Waals surface area contributed by atoms with Crippen molar-refractivity contribution >= 4 is 41.3 Å². The number of methoxy groups -OCH3 is 1. The molecule has 0 aliphatic rings. The lowest BCUT2D eigenvalue weighted by Crippen LogP contribution is -2.43. The Kier molecular flexibility index (Phi) is 13.8. The first-order valence-corrected chi connectivity index (χ1v) is 8.56. The van der Waals surface area contributed by atoms with Crippen molar-refractivity contribution in [1.29, 1.82) is 0 Å². The zero-order chi connectivity index (χ0) is 16.2. The number of guanidine groups is 1. The molecular formula is C16H30IN3O2S. The summed E-state index contributed by atoms with van der Waals surface area (Å²) in [5.74, 6) is 0.845. The highest BCUT2D eigenvalue weighted by Crippen LogP contribution is 2.16. The highest BCUT2D eigenvalue weighted by Gasteiger charge is 2.07. The van der Waals surface area contributed by atoms with Gasteiger partial charge in [0.2, 0.25) is 0 Å². The SMILES string of the molecule is CN=C(NCCCOCCOC)NC(C)Cc1ccc(C)s1.I. The Morgan fingerprint density at radius 1 is 1.30 bits per heavy atom. The van der Waals surface area contributed by atoms with Crippen LogP contribution >= 0.6 is 35.3 Å². The molecule has 134 valence electrons. The van der Waals surface area contributed by atoms with Crippen LogP contribution in [0.2, 0.25) is 0 Å². The van der Waals surface area contributed by atoms with Crippen molar-refractivity contribution in [2.75, 3.05) is 40.5 Å². The van der Waals surface area contributed by atoms with Gasteiger partial charge in [0, 0.05) is 49.5 Å². The third kappa shape index (κ3) is 10.9. The number of ether oxygens (including phenoxy) is 2. The molecule has 1 unspecified atom stereocenters. The van der Waals surface area contributed by atoms with Gasteiger partial charge in [-0.3, -0.25) is 4.99 Å². The second-order valence-electron chi connectivity index (χ2n) is 5.22. The summed E-state index contributed by atoms with van der Waals surface area (Å²) in [5, 5.41) is 6.73. The molecule has 23 heavy (non-hydrogen) atoms. The van der Waals surface area contributed by atoms with E-state index in [1.807, 2.05) is 11.3 Å². The molecule has 0 saturated heterocycles. The van der Waals surface area contributed by atoms with Gasteiger partial charge in [0.05, 0.1) is 13.2 Å². The van der Waals surface area contributed by atoms with E-state index in [9.17, 15) is 0 Å². The number of nitrogens with zero attached hydrogens (tertiary/aromatic N) is 1. The van der Waals surface area contributed by atoms with Crippen molar-refractivity contribution in [3.63, 3.8) is 0 Å². The molecule has 1 heterocycles. The van der Waals surface area contributed by atoms with Crippen LogP contribution in [0, 0.1) is 6.92 Å². The number of hydrogen-bond acceptors (Lipinski definition) is 4. The molecule has 1 aromatic heterocycles. The molecule has 0 aliphatic heterocycles. The maximum absolute atomic E-state index is 5.43. The van der Waals surface area contributed by atoms with Gasteiger partial charge < -0.3 is 20.1 Å². The van der Waals surface area contributed by atoms with E-state index in [0.717, 1.165) is 32.0 Å². The van der Waals surface area contributed by atoms with E-state index >= 15 is 0 Å². The van der Waals surface area contributed by atoms with Gasteiger partial charge in [-0.05, 0) is 32.4 Å². The minimum absolute atomic E-state index is 0. The van der Waals surface area contributed by atoms with Gasteiger partial charge in [0.15, 0.2) is 5.96 Å².